The Labute approximate surface area is 505 Å². The lowest BCUT2D eigenvalue weighted by Gasteiger charge is -2.56. The Balaban J connectivity index is 0.000000146. The summed E-state index contributed by atoms with van der Waals surface area (Å²) >= 11 is 0. The molecule has 5 spiro atoms. The average molecular weight is 1130 g/mol. The number of piperidine rings is 4. The molecule has 7 nitrogen and oxygen atoms in total. The molecular weight excluding hydrogens is 987 g/mol. The van der Waals surface area contributed by atoms with Crippen LogP contribution in [0.25, 0.3) is 0 Å². The van der Waals surface area contributed by atoms with Crippen LogP contribution >= 0.6 is 0 Å². The minimum absolute atomic E-state index is 0.651. The molecule has 5 aliphatic carbocycles. The molecule has 11 rings (SSSR count). The van der Waals surface area contributed by atoms with Crippen molar-refractivity contribution in [1.82, 2.24) is 35.1 Å². The van der Waals surface area contributed by atoms with Crippen molar-refractivity contribution in [3.63, 3.8) is 0 Å². The molecule has 2 unspecified atom stereocenters. The van der Waals surface area contributed by atoms with Gasteiger partial charge in [-0.25, -0.2) is 0 Å². The minimum atomic E-state index is 0.651. The Morgan fingerprint density at radius 2 is 0.716 bits per heavy atom. The fraction of sp³-hybridized carbons (Fsp3) is 0.946. The molecule has 0 radical (unpaired) electrons. The highest BCUT2D eigenvalue weighted by Crippen LogP contribution is 2.58. The molecule has 5 saturated carbocycles. The third-order valence-corrected chi connectivity index (χ3v) is 23.2. The van der Waals surface area contributed by atoms with E-state index in [0.29, 0.717) is 22.9 Å². The molecule has 0 aromatic heterocycles. The van der Waals surface area contributed by atoms with Gasteiger partial charge in [0.15, 0.2) is 0 Å². The number of fused-ring (bicyclic) bond motifs is 2. The van der Waals surface area contributed by atoms with Gasteiger partial charge in [0.25, 0.3) is 0 Å². The summed E-state index contributed by atoms with van der Waals surface area (Å²) in [6, 6.07) is 8.46. The SMILES string of the molecule is CC(C)C=C1CC2(CCN(C(C)C)C2)C1.CC(C)C=C1CC2(CCN(C(C)C)CC2)C1.CC(C)CC1CC2(CCN(C(C)C)CC2)C1.CC(C)NC1CC2(C1)CC1CCC(C2)N1C(C)C.CC(C)NC1CC2(CCN(C(C)C)CC2)C1. The molecule has 0 aromatic rings. The van der Waals surface area contributed by atoms with E-state index >= 15 is 0 Å². The van der Waals surface area contributed by atoms with Gasteiger partial charge in [-0.1, -0.05) is 92.5 Å². The van der Waals surface area contributed by atoms with E-state index in [1.807, 2.05) is 0 Å². The molecular formula is C74H139N7. The van der Waals surface area contributed by atoms with Crippen LogP contribution in [0, 0.1) is 50.7 Å². The molecule has 0 aromatic carbocycles. The molecule has 6 heterocycles. The monoisotopic (exact) mass is 1130 g/mol. The lowest BCUT2D eigenvalue weighted by Crippen LogP contribution is -2.58. The van der Waals surface area contributed by atoms with Crippen molar-refractivity contribution >= 4 is 0 Å². The first-order chi connectivity index (χ1) is 38.0. The molecule has 6 aliphatic heterocycles. The normalized spacial score (nSPS) is 31.3. The molecule has 2 atom stereocenters. The standard InChI is InChI=1S/C16H30N2.C15H29N.C15H27N.C14H28N2.C14H25N/c1-11(2)17-13-7-16(8-13)9-14-5-6-15(10-16)18(14)12(3)4;2*1-12(2)9-14-10-15(11-14)5-7-16(8-6-15)13(3)4;1-11(2)15-13-9-14(10-13)5-7-16(8-6-14)12(3)4;1-11(2)7-13-8-14(9-13)5-6-15(10-14)12(3)4/h11-15,17H,5-10H2,1-4H3;12-14H,5-11H2,1-4H3;9,12-13H,5-8,10-11H2,1-4H3;11-13,15H,5-10H2,1-4H3;7,11-12H,5-6,8-10H2,1-4H3. The smallest absolute Gasteiger partial charge is 0.0107 e. The molecule has 0 amide bonds. The first-order valence-corrected chi connectivity index (χ1v) is 35.7. The lowest BCUT2D eigenvalue weighted by molar-refractivity contribution is -0.0433. The summed E-state index contributed by atoms with van der Waals surface area (Å²) in [5, 5.41) is 7.39. The molecule has 2 N–H and O–H groups in total. The van der Waals surface area contributed by atoms with E-state index < -0.39 is 0 Å². The van der Waals surface area contributed by atoms with E-state index in [-0.39, 0.29) is 0 Å². The van der Waals surface area contributed by atoms with E-state index in [9.17, 15) is 0 Å². The predicted octanol–water partition coefficient (Wildman–Crippen LogP) is 17.1. The number of nitrogens with one attached hydrogen (secondary N) is 2. The minimum Gasteiger partial charge on any atom is -0.312 e. The predicted molar refractivity (Wildman–Crippen MR) is 353 cm³/mol. The van der Waals surface area contributed by atoms with Gasteiger partial charge in [0, 0.05) is 73.0 Å². The van der Waals surface area contributed by atoms with Crippen LogP contribution in [-0.4, -0.2) is 143 Å². The van der Waals surface area contributed by atoms with Crippen LogP contribution in [0.1, 0.15) is 280 Å². The Morgan fingerprint density at radius 1 is 0.383 bits per heavy atom. The Kier molecular flexibility index (Phi) is 24.3. The summed E-state index contributed by atoms with van der Waals surface area (Å²) < 4.78 is 0. The average Bonchev–Trinajstić information content (AvgIpc) is 3.90. The number of hydrogen-bond donors (Lipinski definition) is 2. The molecule has 470 valence electrons. The second kappa shape index (κ2) is 29.0. The van der Waals surface area contributed by atoms with Crippen LogP contribution in [-0.2, 0) is 0 Å². The number of rotatable bonds is 13. The fourth-order valence-electron chi connectivity index (χ4n) is 19.2. The first-order valence-electron chi connectivity index (χ1n) is 35.7. The summed E-state index contributed by atoms with van der Waals surface area (Å²) in [5.41, 5.74) is 7.08. The second-order valence-electron chi connectivity index (χ2n) is 34.1. The number of hydrogen-bond acceptors (Lipinski definition) is 7. The summed E-state index contributed by atoms with van der Waals surface area (Å²) in [4.78, 5) is 13.4. The number of allylic oxidation sites excluding steroid dienone is 4. The van der Waals surface area contributed by atoms with Crippen molar-refractivity contribution in [1.29, 1.82) is 0 Å². The third kappa shape index (κ3) is 18.6. The molecule has 11 fully saturated rings. The maximum absolute atomic E-state index is 3.72. The van der Waals surface area contributed by atoms with Gasteiger partial charge in [0.05, 0.1) is 0 Å². The van der Waals surface area contributed by atoms with Crippen LogP contribution in [0.2, 0.25) is 0 Å². The van der Waals surface area contributed by atoms with Crippen molar-refractivity contribution in [2.75, 3.05) is 52.4 Å². The van der Waals surface area contributed by atoms with E-state index in [1.54, 1.807) is 11.1 Å². The molecule has 7 heteroatoms. The van der Waals surface area contributed by atoms with E-state index in [0.717, 1.165) is 94.3 Å². The Bertz CT molecular complexity index is 1810. The Hall–Kier alpha value is -0.800. The summed E-state index contributed by atoms with van der Waals surface area (Å²) in [6.45, 7) is 57.0. The highest BCUT2D eigenvalue weighted by Gasteiger charge is 2.55. The number of nitrogens with zero attached hydrogens (tertiary/aromatic N) is 5. The van der Waals surface area contributed by atoms with Gasteiger partial charge in [-0.2, -0.15) is 0 Å². The molecule has 2 bridgehead atoms. The van der Waals surface area contributed by atoms with E-state index in [1.165, 1.54) is 194 Å². The van der Waals surface area contributed by atoms with Crippen LogP contribution < -0.4 is 10.6 Å². The van der Waals surface area contributed by atoms with E-state index in [2.05, 4.69) is 186 Å². The second-order valence-corrected chi connectivity index (χ2v) is 34.1. The van der Waals surface area contributed by atoms with Crippen molar-refractivity contribution in [2.24, 2.45) is 50.7 Å². The third-order valence-electron chi connectivity index (χ3n) is 23.2. The molecule has 6 saturated heterocycles. The number of likely N-dealkylation sites (tertiary alicyclic amines) is 4. The maximum atomic E-state index is 3.72. The van der Waals surface area contributed by atoms with Gasteiger partial charge in [0.1, 0.15) is 0 Å². The van der Waals surface area contributed by atoms with E-state index in [4.69, 9.17) is 0 Å². The first kappa shape index (κ1) is 67.7. The topological polar surface area (TPSA) is 40.3 Å². The van der Waals surface area contributed by atoms with Crippen LogP contribution in [0.15, 0.2) is 23.3 Å². The van der Waals surface area contributed by atoms with Crippen LogP contribution in [0.4, 0.5) is 0 Å². The van der Waals surface area contributed by atoms with Gasteiger partial charge in [-0.05, 0) is 307 Å². The highest BCUT2D eigenvalue weighted by atomic mass is 15.2. The highest BCUT2D eigenvalue weighted by molar-refractivity contribution is 5.22. The summed E-state index contributed by atoms with van der Waals surface area (Å²) in [5.74, 6) is 3.44. The van der Waals surface area contributed by atoms with Gasteiger partial charge in [-0.3, -0.25) is 4.90 Å². The maximum Gasteiger partial charge on any atom is 0.0107 e. The van der Waals surface area contributed by atoms with Crippen molar-refractivity contribution < 1.29 is 0 Å². The van der Waals surface area contributed by atoms with Crippen molar-refractivity contribution in [2.45, 2.75) is 346 Å². The van der Waals surface area contributed by atoms with Gasteiger partial charge in [-0.15, -0.1) is 0 Å². The fourth-order valence-corrected chi connectivity index (χ4v) is 19.2. The summed E-state index contributed by atoms with van der Waals surface area (Å²) in [6.07, 6.45) is 36.8. The zero-order valence-electron chi connectivity index (χ0n) is 57.8. The largest absolute Gasteiger partial charge is 0.312 e. The Morgan fingerprint density at radius 3 is 1.05 bits per heavy atom. The van der Waals surface area contributed by atoms with Crippen molar-refractivity contribution in [3.05, 3.63) is 23.3 Å². The molecule has 11 aliphatic rings. The zero-order valence-corrected chi connectivity index (χ0v) is 57.8. The zero-order chi connectivity index (χ0) is 59.2. The van der Waals surface area contributed by atoms with Crippen molar-refractivity contribution in [3.8, 4) is 0 Å². The van der Waals surface area contributed by atoms with Gasteiger partial charge < -0.3 is 30.2 Å². The lowest BCUT2D eigenvalue weighted by atomic mass is 9.56. The van der Waals surface area contributed by atoms with Crippen LogP contribution in [0.5, 0.6) is 0 Å². The molecule has 81 heavy (non-hydrogen) atoms. The quantitative estimate of drug-likeness (QED) is 0.178. The van der Waals surface area contributed by atoms with Gasteiger partial charge in [0.2, 0.25) is 0 Å². The van der Waals surface area contributed by atoms with Crippen LogP contribution in [0.3, 0.4) is 0 Å². The van der Waals surface area contributed by atoms with Gasteiger partial charge >= 0.3 is 0 Å². The summed E-state index contributed by atoms with van der Waals surface area (Å²) in [7, 11) is 0.